The molecule has 3 aromatic rings. The first-order chi connectivity index (χ1) is 13.6. The first-order valence-electron chi connectivity index (χ1n) is 9.11. The summed E-state index contributed by atoms with van der Waals surface area (Å²) in [6.45, 7) is 0. The van der Waals surface area contributed by atoms with Gasteiger partial charge in [0.25, 0.3) is 0 Å². The number of fused-ring (bicyclic) bond motifs is 1. The van der Waals surface area contributed by atoms with Gasteiger partial charge in [0.15, 0.2) is 5.82 Å². The maximum absolute atomic E-state index is 13.4. The molecular weight excluding hydrogens is 383 g/mol. The van der Waals surface area contributed by atoms with Gasteiger partial charge >= 0.3 is 0 Å². The van der Waals surface area contributed by atoms with Crippen LogP contribution in [-0.4, -0.2) is 39.2 Å². The van der Waals surface area contributed by atoms with E-state index >= 15 is 0 Å². The third kappa shape index (κ3) is 4.13. The Kier molecular flexibility index (Phi) is 5.50. The number of ether oxygens (including phenoxy) is 1. The molecule has 2 N–H and O–H groups in total. The highest BCUT2D eigenvalue weighted by Crippen LogP contribution is 2.26. The molecule has 0 radical (unpaired) electrons. The molecule has 4 rings (SSSR count). The largest absolute Gasteiger partial charge is 0.381 e. The molecule has 1 aliphatic rings. The van der Waals surface area contributed by atoms with E-state index in [-0.39, 0.29) is 5.02 Å². The van der Waals surface area contributed by atoms with Gasteiger partial charge in [-0.3, -0.25) is 0 Å². The average Bonchev–Trinajstić information content (AvgIpc) is 2.72. The Bertz CT molecular complexity index is 980. The van der Waals surface area contributed by atoms with Crippen LogP contribution in [0.5, 0.6) is 0 Å². The zero-order valence-electron chi connectivity index (χ0n) is 15.3. The Morgan fingerprint density at radius 1 is 1.14 bits per heavy atom. The SMILES string of the molecule is CO[C@H]1CC[C@H](Nc2ncc3ncnc(Nc4ccc(F)c(Cl)c4)c3n2)CC1. The van der Waals surface area contributed by atoms with Crippen molar-refractivity contribution in [2.75, 3.05) is 17.7 Å². The standard InChI is InChI=1S/C19H20ClFN6O/c1-28-13-5-2-11(3-6-13)26-19-22-9-16-17(27-19)18(24-10-23-16)25-12-4-7-15(21)14(20)8-12/h4,7-11,13H,2-3,5-6H2,1H3,(H,22,26,27)(H,23,24,25)/t11-,13-. The van der Waals surface area contributed by atoms with Gasteiger partial charge in [0.1, 0.15) is 23.2 Å². The Morgan fingerprint density at radius 3 is 2.71 bits per heavy atom. The molecule has 0 saturated heterocycles. The Balaban J connectivity index is 1.56. The van der Waals surface area contributed by atoms with Crippen molar-refractivity contribution in [3.63, 3.8) is 0 Å². The lowest BCUT2D eigenvalue weighted by Crippen LogP contribution is -2.29. The topological polar surface area (TPSA) is 84.8 Å². The molecule has 9 heteroatoms. The number of nitrogens with one attached hydrogen (secondary N) is 2. The molecule has 7 nitrogen and oxygen atoms in total. The van der Waals surface area contributed by atoms with Crippen molar-refractivity contribution in [3.8, 4) is 0 Å². The fraction of sp³-hybridized carbons (Fsp3) is 0.368. The van der Waals surface area contributed by atoms with E-state index in [0.29, 0.717) is 40.6 Å². The number of hydrogen-bond acceptors (Lipinski definition) is 7. The van der Waals surface area contributed by atoms with Crippen molar-refractivity contribution in [2.45, 2.75) is 37.8 Å². The normalized spacial score (nSPS) is 19.5. The zero-order valence-corrected chi connectivity index (χ0v) is 16.1. The molecule has 0 bridgehead atoms. The lowest BCUT2D eigenvalue weighted by molar-refractivity contribution is 0.0681. The smallest absolute Gasteiger partial charge is 0.223 e. The van der Waals surface area contributed by atoms with E-state index in [2.05, 4.69) is 30.6 Å². The van der Waals surface area contributed by atoms with Gasteiger partial charge in [-0.25, -0.2) is 24.3 Å². The van der Waals surface area contributed by atoms with Crippen molar-refractivity contribution < 1.29 is 9.13 Å². The minimum atomic E-state index is -0.475. The third-order valence-electron chi connectivity index (χ3n) is 4.90. The number of aromatic nitrogens is 4. The molecule has 0 spiro atoms. The summed E-state index contributed by atoms with van der Waals surface area (Å²) in [5.74, 6) is 0.557. The second-order valence-electron chi connectivity index (χ2n) is 6.76. The minimum Gasteiger partial charge on any atom is -0.381 e. The van der Waals surface area contributed by atoms with Crippen LogP contribution in [0.3, 0.4) is 0 Å². The van der Waals surface area contributed by atoms with Crippen molar-refractivity contribution in [3.05, 3.63) is 41.6 Å². The molecule has 0 unspecified atom stereocenters. The van der Waals surface area contributed by atoms with Gasteiger partial charge in [0.2, 0.25) is 5.95 Å². The predicted molar refractivity (Wildman–Crippen MR) is 106 cm³/mol. The molecule has 1 aliphatic carbocycles. The van der Waals surface area contributed by atoms with Gasteiger partial charge in [0, 0.05) is 18.8 Å². The molecular formula is C19H20ClFN6O. The van der Waals surface area contributed by atoms with E-state index in [1.54, 1.807) is 19.4 Å². The molecule has 2 aromatic heterocycles. The van der Waals surface area contributed by atoms with Gasteiger partial charge in [-0.05, 0) is 43.9 Å². The van der Waals surface area contributed by atoms with E-state index < -0.39 is 5.82 Å². The van der Waals surface area contributed by atoms with Crippen LogP contribution in [0.1, 0.15) is 25.7 Å². The van der Waals surface area contributed by atoms with Crippen LogP contribution in [-0.2, 0) is 4.74 Å². The average molecular weight is 403 g/mol. The van der Waals surface area contributed by atoms with Gasteiger partial charge in [-0.1, -0.05) is 11.6 Å². The lowest BCUT2D eigenvalue weighted by atomic mass is 9.93. The van der Waals surface area contributed by atoms with Crippen LogP contribution in [0.4, 0.5) is 21.8 Å². The molecule has 1 aromatic carbocycles. The van der Waals surface area contributed by atoms with Gasteiger partial charge < -0.3 is 15.4 Å². The van der Waals surface area contributed by atoms with Crippen molar-refractivity contribution >= 4 is 40.1 Å². The summed E-state index contributed by atoms with van der Waals surface area (Å²) in [5, 5.41) is 6.55. The number of methoxy groups -OCH3 is 1. The Hall–Kier alpha value is -2.58. The van der Waals surface area contributed by atoms with Crippen molar-refractivity contribution in [2.24, 2.45) is 0 Å². The molecule has 2 heterocycles. The molecule has 0 atom stereocenters. The summed E-state index contributed by atoms with van der Waals surface area (Å²) >= 11 is 5.86. The number of nitrogens with zero attached hydrogens (tertiary/aromatic N) is 4. The maximum Gasteiger partial charge on any atom is 0.223 e. The van der Waals surface area contributed by atoms with Gasteiger partial charge in [-0.15, -0.1) is 0 Å². The van der Waals surface area contributed by atoms with Crippen LogP contribution in [0.15, 0.2) is 30.7 Å². The lowest BCUT2D eigenvalue weighted by Gasteiger charge is -2.28. The molecule has 1 fully saturated rings. The van der Waals surface area contributed by atoms with E-state index in [1.807, 2.05) is 0 Å². The first-order valence-corrected chi connectivity index (χ1v) is 9.49. The number of halogens is 2. The highest BCUT2D eigenvalue weighted by molar-refractivity contribution is 6.31. The zero-order chi connectivity index (χ0) is 19.5. The second kappa shape index (κ2) is 8.20. The summed E-state index contributed by atoms with van der Waals surface area (Å²) < 4.78 is 18.8. The molecule has 28 heavy (non-hydrogen) atoms. The minimum absolute atomic E-state index is 0.0343. The highest BCUT2D eigenvalue weighted by Gasteiger charge is 2.21. The van der Waals surface area contributed by atoms with E-state index in [4.69, 9.17) is 16.3 Å². The number of anilines is 3. The van der Waals surface area contributed by atoms with Gasteiger partial charge in [0.05, 0.1) is 17.3 Å². The molecule has 0 aliphatic heterocycles. The maximum atomic E-state index is 13.4. The summed E-state index contributed by atoms with van der Waals surface area (Å²) in [6, 6.07) is 4.69. The summed E-state index contributed by atoms with van der Waals surface area (Å²) in [4.78, 5) is 17.5. The Morgan fingerprint density at radius 2 is 1.96 bits per heavy atom. The number of benzene rings is 1. The van der Waals surface area contributed by atoms with E-state index in [0.717, 1.165) is 25.7 Å². The summed E-state index contributed by atoms with van der Waals surface area (Å²) in [6.07, 6.45) is 7.47. The fourth-order valence-corrected chi connectivity index (χ4v) is 3.53. The Labute approximate surface area is 166 Å². The first kappa shape index (κ1) is 18.8. The number of rotatable bonds is 5. The molecule has 1 saturated carbocycles. The summed E-state index contributed by atoms with van der Waals surface area (Å²) in [5.41, 5.74) is 1.79. The second-order valence-corrected chi connectivity index (χ2v) is 7.16. The third-order valence-corrected chi connectivity index (χ3v) is 5.19. The van der Waals surface area contributed by atoms with Crippen LogP contribution in [0.2, 0.25) is 5.02 Å². The molecule has 146 valence electrons. The van der Waals surface area contributed by atoms with Crippen LogP contribution in [0, 0.1) is 5.82 Å². The molecule has 0 amide bonds. The fourth-order valence-electron chi connectivity index (χ4n) is 3.35. The van der Waals surface area contributed by atoms with Crippen LogP contribution >= 0.6 is 11.6 Å². The van der Waals surface area contributed by atoms with E-state index in [9.17, 15) is 4.39 Å². The van der Waals surface area contributed by atoms with Crippen LogP contribution in [0.25, 0.3) is 11.0 Å². The van der Waals surface area contributed by atoms with E-state index in [1.165, 1.54) is 18.5 Å². The van der Waals surface area contributed by atoms with Gasteiger partial charge in [-0.2, -0.15) is 0 Å². The quantitative estimate of drug-likeness (QED) is 0.657. The monoisotopic (exact) mass is 402 g/mol. The van der Waals surface area contributed by atoms with Crippen molar-refractivity contribution in [1.29, 1.82) is 0 Å². The summed E-state index contributed by atoms with van der Waals surface area (Å²) in [7, 11) is 1.76. The number of hydrogen-bond donors (Lipinski definition) is 2. The van der Waals surface area contributed by atoms with Crippen molar-refractivity contribution in [1.82, 2.24) is 19.9 Å². The highest BCUT2D eigenvalue weighted by atomic mass is 35.5. The predicted octanol–water partition coefficient (Wildman–Crippen LogP) is 4.33. The van der Waals surface area contributed by atoms with Crippen LogP contribution < -0.4 is 10.6 Å².